The highest BCUT2D eigenvalue weighted by Gasteiger charge is 2.20. The van der Waals surface area contributed by atoms with Crippen LogP contribution in [-0.2, 0) is 5.41 Å². The molecule has 2 aromatic rings. The third kappa shape index (κ3) is 4.67. The van der Waals surface area contributed by atoms with Gasteiger partial charge in [-0.15, -0.1) is 0 Å². The Morgan fingerprint density at radius 3 is 2.36 bits per heavy atom. The zero-order chi connectivity index (χ0) is 18.4. The summed E-state index contributed by atoms with van der Waals surface area (Å²) < 4.78 is 17.0. The Hall–Kier alpha value is -2.67. The molecule has 0 radical (unpaired) electrons. The Morgan fingerprint density at radius 2 is 1.72 bits per heavy atom. The van der Waals surface area contributed by atoms with Crippen molar-refractivity contribution in [3.8, 4) is 23.3 Å². The predicted octanol–water partition coefficient (Wildman–Crippen LogP) is 4.63. The molecule has 0 aliphatic carbocycles. The van der Waals surface area contributed by atoms with E-state index >= 15 is 0 Å². The fourth-order valence-electron chi connectivity index (χ4n) is 2.59. The van der Waals surface area contributed by atoms with Crippen LogP contribution < -0.4 is 14.2 Å². The lowest BCUT2D eigenvalue weighted by Crippen LogP contribution is -2.16. The number of aryl methyl sites for hydroxylation is 1. The molecule has 25 heavy (non-hydrogen) atoms. The molecule has 132 valence electrons. The van der Waals surface area contributed by atoms with Crippen LogP contribution in [0, 0.1) is 18.3 Å². The Bertz CT molecular complexity index is 770. The zero-order valence-electron chi connectivity index (χ0n) is 15.6. The second-order valence-electron chi connectivity index (χ2n) is 6.88. The maximum atomic E-state index is 8.94. The largest absolute Gasteiger partial charge is 0.493 e. The van der Waals surface area contributed by atoms with Gasteiger partial charge in [0.25, 0.3) is 0 Å². The van der Waals surface area contributed by atoms with Crippen molar-refractivity contribution in [3.63, 3.8) is 0 Å². The van der Waals surface area contributed by atoms with Crippen molar-refractivity contribution >= 4 is 0 Å². The number of hydrogen-bond acceptors (Lipinski definition) is 4. The van der Waals surface area contributed by atoms with Gasteiger partial charge in [-0.05, 0) is 35.6 Å². The van der Waals surface area contributed by atoms with Crippen LogP contribution in [0.15, 0.2) is 36.4 Å². The first kappa shape index (κ1) is 18.7. The smallest absolute Gasteiger partial charge is 0.162 e. The second-order valence-corrected chi connectivity index (χ2v) is 6.88. The first-order valence-electron chi connectivity index (χ1n) is 8.30. The van der Waals surface area contributed by atoms with Crippen LogP contribution in [-0.4, -0.2) is 20.3 Å². The van der Waals surface area contributed by atoms with Gasteiger partial charge in [-0.25, -0.2) is 0 Å². The van der Waals surface area contributed by atoms with Crippen molar-refractivity contribution in [3.05, 3.63) is 53.1 Å². The minimum atomic E-state index is 0.0125. The molecule has 0 saturated heterocycles. The number of methoxy groups -OCH3 is 1. The zero-order valence-corrected chi connectivity index (χ0v) is 15.6. The van der Waals surface area contributed by atoms with Gasteiger partial charge in [0.1, 0.15) is 19.0 Å². The molecule has 0 N–H and O–H groups in total. The average Bonchev–Trinajstić information content (AvgIpc) is 2.58. The van der Waals surface area contributed by atoms with Crippen molar-refractivity contribution < 1.29 is 14.2 Å². The molecule has 0 amide bonds. The monoisotopic (exact) mass is 339 g/mol. The molecular formula is C21H25NO3. The standard InChI is InChI=1S/C21H25NO3/c1-15-7-6-8-17(21(2,3)4)20(15)25-12-11-24-18-10-9-16(14-22)13-19(18)23-5/h6-10,13H,11-12H2,1-5H3. The van der Waals surface area contributed by atoms with Gasteiger partial charge in [-0.1, -0.05) is 39.0 Å². The Morgan fingerprint density at radius 1 is 1.00 bits per heavy atom. The highest BCUT2D eigenvalue weighted by atomic mass is 16.5. The van der Waals surface area contributed by atoms with Gasteiger partial charge in [0, 0.05) is 6.07 Å². The van der Waals surface area contributed by atoms with E-state index in [1.54, 1.807) is 25.3 Å². The van der Waals surface area contributed by atoms with Crippen LogP contribution in [0.1, 0.15) is 37.5 Å². The van der Waals surface area contributed by atoms with Gasteiger partial charge in [0.15, 0.2) is 11.5 Å². The molecule has 4 heteroatoms. The van der Waals surface area contributed by atoms with Crippen molar-refractivity contribution in [2.45, 2.75) is 33.1 Å². The normalized spacial score (nSPS) is 10.9. The van der Waals surface area contributed by atoms with Gasteiger partial charge in [-0.2, -0.15) is 5.26 Å². The van der Waals surface area contributed by atoms with Crippen LogP contribution in [0.3, 0.4) is 0 Å². The van der Waals surface area contributed by atoms with E-state index in [1.807, 2.05) is 0 Å². The molecule has 4 nitrogen and oxygen atoms in total. The summed E-state index contributed by atoms with van der Waals surface area (Å²) in [5, 5.41) is 8.94. The van der Waals surface area contributed by atoms with Crippen LogP contribution in [0.4, 0.5) is 0 Å². The quantitative estimate of drug-likeness (QED) is 0.720. The van der Waals surface area contributed by atoms with Crippen LogP contribution in [0.5, 0.6) is 17.2 Å². The molecule has 0 unspecified atom stereocenters. The highest BCUT2D eigenvalue weighted by molar-refractivity contribution is 5.47. The topological polar surface area (TPSA) is 51.5 Å². The molecule has 0 fully saturated rings. The van der Waals surface area contributed by atoms with E-state index in [2.05, 4.69) is 52.0 Å². The van der Waals surface area contributed by atoms with Gasteiger partial charge in [-0.3, -0.25) is 0 Å². The molecule has 0 bridgehead atoms. The number of benzene rings is 2. The van der Waals surface area contributed by atoms with Crippen molar-refractivity contribution in [1.82, 2.24) is 0 Å². The maximum Gasteiger partial charge on any atom is 0.162 e. The molecule has 0 saturated carbocycles. The highest BCUT2D eigenvalue weighted by Crippen LogP contribution is 2.34. The molecule has 0 heterocycles. The maximum absolute atomic E-state index is 8.94. The number of rotatable bonds is 6. The van der Waals surface area contributed by atoms with Crippen LogP contribution in [0.2, 0.25) is 0 Å². The fourth-order valence-corrected chi connectivity index (χ4v) is 2.59. The number of hydrogen-bond donors (Lipinski definition) is 0. The Balaban J connectivity index is 2.02. The molecule has 2 aromatic carbocycles. The summed E-state index contributed by atoms with van der Waals surface area (Å²) in [6.07, 6.45) is 0. The van der Waals surface area contributed by atoms with E-state index in [0.29, 0.717) is 30.3 Å². The number of nitrogens with zero attached hydrogens (tertiary/aromatic N) is 1. The van der Waals surface area contributed by atoms with E-state index in [-0.39, 0.29) is 5.41 Å². The van der Waals surface area contributed by atoms with Crippen molar-refractivity contribution in [1.29, 1.82) is 5.26 Å². The Kier molecular flexibility index (Phi) is 5.93. The first-order chi connectivity index (χ1) is 11.9. The van der Waals surface area contributed by atoms with Gasteiger partial charge < -0.3 is 14.2 Å². The Labute approximate surface area is 150 Å². The third-order valence-corrected chi connectivity index (χ3v) is 3.90. The van der Waals surface area contributed by atoms with Gasteiger partial charge in [0.05, 0.1) is 18.7 Å². The summed E-state index contributed by atoms with van der Waals surface area (Å²) >= 11 is 0. The minimum Gasteiger partial charge on any atom is -0.493 e. The molecule has 0 aromatic heterocycles. The first-order valence-corrected chi connectivity index (χ1v) is 8.30. The lowest BCUT2D eigenvalue weighted by molar-refractivity contribution is 0.208. The summed E-state index contributed by atoms with van der Waals surface area (Å²) in [7, 11) is 1.56. The van der Waals surface area contributed by atoms with Crippen LogP contribution in [0.25, 0.3) is 0 Å². The van der Waals surface area contributed by atoms with Gasteiger partial charge in [0.2, 0.25) is 0 Å². The molecule has 0 atom stereocenters. The molecule has 0 aliphatic heterocycles. The van der Waals surface area contributed by atoms with E-state index < -0.39 is 0 Å². The summed E-state index contributed by atoms with van der Waals surface area (Å²) in [5.41, 5.74) is 2.85. The molecule has 0 spiro atoms. The second kappa shape index (κ2) is 7.94. The lowest BCUT2D eigenvalue weighted by Gasteiger charge is -2.24. The van der Waals surface area contributed by atoms with E-state index in [1.165, 1.54) is 5.56 Å². The minimum absolute atomic E-state index is 0.0125. The van der Waals surface area contributed by atoms with Crippen molar-refractivity contribution in [2.24, 2.45) is 0 Å². The molecular weight excluding hydrogens is 314 g/mol. The number of para-hydroxylation sites is 1. The van der Waals surface area contributed by atoms with Gasteiger partial charge >= 0.3 is 0 Å². The summed E-state index contributed by atoms with van der Waals surface area (Å²) in [6, 6.07) is 13.4. The van der Waals surface area contributed by atoms with E-state index in [0.717, 1.165) is 11.3 Å². The summed E-state index contributed by atoms with van der Waals surface area (Å²) in [4.78, 5) is 0. The summed E-state index contributed by atoms with van der Waals surface area (Å²) in [6.45, 7) is 9.39. The average molecular weight is 339 g/mol. The van der Waals surface area contributed by atoms with Crippen molar-refractivity contribution in [2.75, 3.05) is 20.3 Å². The number of ether oxygens (including phenoxy) is 3. The molecule has 2 rings (SSSR count). The van der Waals surface area contributed by atoms with E-state index in [4.69, 9.17) is 19.5 Å². The SMILES string of the molecule is COc1cc(C#N)ccc1OCCOc1c(C)cccc1C(C)(C)C. The predicted molar refractivity (Wildman–Crippen MR) is 98.6 cm³/mol. The van der Waals surface area contributed by atoms with Crippen LogP contribution >= 0.6 is 0 Å². The molecule has 0 aliphatic rings. The lowest BCUT2D eigenvalue weighted by atomic mass is 9.85. The number of nitriles is 1. The van der Waals surface area contributed by atoms with E-state index in [9.17, 15) is 0 Å². The third-order valence-electron chi connectivity index (χ3n) is 3.90. The summed E-state index contributed by atoms with van der Waals surface area (Å²) in [5.74, 6) is 2.07. The fraction of sp³-hybridized carbons (Fsp3) is 0.381.